The van der Waals surface area contributed by atoms with Gasteiger partial charge in [-0.25, -0.2) is 9.97 Å². The first kappa shape index (κ1) is 17.0. The van der Waals surface area contributed by atoms with E-state index in [0.717, 1.165) is 35.0 Å². The first-order valence-electron chi connectivity index (χ1n) is 7.82. The SMILES string of the molecule is C[NH+](C)CCN1c2ccccc2Sc2nc3ccccc3nc21.[Cl-]. The standard InChI is InChI=1S/C18H18N4S.ClH/c1-21(2)11-12-22-15-9-5-6-10-16(15)23-18-17(22)19-13-7-3-4-8-14(13)20-18;/h3-10H,11-12H2,1-2H3;1H. The highest BCUT2D eigenvalue weighted by molar-refractivity contribution is 7.99. The van der Waals surface area contributed by atoms with Crippen LogP contribution in [0.2, 0.25) is 0 Å². The van der Waals surface area contributed by atoms with Gasteiger partial charge < -0.3 is 22.2 Å². The van der Waals surface area contributed by atoms with E-state index in [1.54, 1.807) is 11.8 Å². The van der Waals surface area contributed by atoms with Gasteiger partial charge in [-0.3, -0.25) is 0 Å². The second-order valence-electron chi connectivity index (χ2n) is 6.02. The van der Waals surface area contributed by atoms with Gasteiger partial charge in [0.2, 0.25) is 0 Å². The minimum Gasteiger partial charge on any atom is -1.00 e. The summed E-state index contributed by atoms with van der Waals surface area (Å²) in [5.41, 5.74) is 3.14. The molecule has 4 rings (SSSR count). The summed E-state index contributed by atoms with van der Waals surface area (Å²) in [6.07, 6.45) is 0. The number of halogens is 1. The number of anilines is 2. The molecule has 24 heavy (non-hydrogen) atoms. The van der Waals surface area contributed by atoms with Crippen LogP contribution in [0.4, 0.5) is 11.5 Å². The maximum Gasteiger partial charge on any atom is 0.167 e. The summed E-state index contributed by atoms with van der Waals surface area (Å²) in [5, 5.41) is 0.996. The molecular formula is C18H19ClN4S. The van der Waals surface area contributed by atoms with Crippen LogP contribution in [-0.4, -0.2) is 37.2 Å². The largest absolute Gasteiger partial charge is 1.00 e. The van der Waals surface area contributed by atoms with Crippen LogP contribution in [0, 0.1) is 0 Å². The molecule has 0 atom stereocenters. The second kappa shape index (κ2) is 6.97. The van der Waals surface area contributed by atoms with Crippen LogP contribution in [0.15, 0.2) is 58.5 Å². The average molecular weight is 359 g/mol. The lowest BCUT2D eigenvalue weighted by Crippen LogP contribution is -3.06. The predicted molar refractivity (Wildman–Crippen MR) is 94.8 cm³/mol. The van der Waals surface area contributed by atoms with Crippen molar-refractivity contribution in [3.63, 3.8) is 0 Å². The first-order valence-corrected chi connectivity index (χ1v) is 8.64. The molecule has 1 aromatic heterocycles. The molecule has 4 nitrogen and oxygen atoms in total. The monoisotopic (exact) mass is 358 g/mol. The summed E-state index contributed by atoms with van der Waals surface area (Å²) < 4.78 is 0. The highest BCUT2D eigenvalue weighted by Gasteiger charge is 2.26. The Morgan fingerprint density at radius 2 is 1.62 bits per heavy atom. The van der Waals surface area contributed by atoms with Gasteiger partial charge in [0.05, 0.1) is 43.9 Å². The lowest BCUT2D eigenvalue weighted by atomic mass is 10.2. The fourth-order valence-corrected chi connectivity index (χ4v) is 3.79. The number of nitrogens with zero attached hydrogens (tertiary/aromatic N) is 3. The number of hydrogen-bond donors (Lipinski definition) is 1. The van der Waals surface area contributed by atoms with Crippen LogP contribution in [0.1, 0.15) is 0 Å². The number of likely N-dealkylation sites (N-methyl/N-ethyl adjacent to an activating group) is 1. The van der Waals surface area contributed by atoms with Crippen LogP contribution in [0.25, 0.3) is 11.0 Å². The fraction of sp³-hybridized carbons (Fsp3) is 0.222. The molecule has 0 saturated heterocycles. The summed E-state index contributed by atoms with van der Waals surface area (Å²) in [5.74, 6) is 0.980. The van der Waals surface area contributed by atoms with E-state index in [1.165, 1.54) is 15.5 Å². The number of rotatable bonds is 3. The van der Waals surface area contributed by atoms with Crippen molar-refractivity contribution < 1.29 is 17.3 Å². The average Bonchev–Trinajstić information content (AvgIpc) is 2.56. The number of benzene rings is 2. The van der Waals surface area contributed by atoms with Crippen LogP contribution in [0.3, 0.4) is 0 Å². The fourth-order valence-electron chi connectivity index (χ4n) is 2.77. The molecule has 6 heteroatoms. The van der Waals surface area contributed by atoms with Crippen molar-refractivity contribution in [2.75, 3.05) is 32.1 Å². The smallest absolute Gasteiger partial charge is 0.167 e. The Bertz CT molecular complexity index is 869. The maximum absolute atomic E-state index is 4.91. The molecule has 124 valence electrons. The summed E-state index contributed by atoms with van der Waals surface area (Å²) in [7, 11) is 4.36. The topological polar surface area (TPSA) is 33.5 Å². The van der Waals surface area contributed by atoms with Gasteiger partial charge in [0.15, 0.2) is 5.82 Å². The van der Waals surface area contributed by atoms with Crippen LogP contribution in [0.5, 0.6) is 0 Å². The van der Waals surface area contributed by atoms with Gasteiger partial charge >= 0.3 is 0 Å². The van der Waals surface area contributed by atoms with Crippen molar-refractivity contribution in [1.82, 2.24) is 9.97 Å². The van der Waals surface area contributed by atoms with E-state index in [2.05, 4.69) is 43.3 Å². The van der Waals surface area contributed by atoms with Gasteiger partial charge in [-0.05, 0) is 24.3 Å². The molecular weight excluding hydrogens is 340 g/mol. The van der Waals surface area contributed by atoms with Crippen molar-refractivity contribution in [2.45, 2.75) is 9.92 Å². The van der Waals surface area contributed by atoms with Crippen LogP contribution >= 0.6 is 11.8 Å². The molecule has 1 aliphatic heterocycles. The minimum atomic E-state index is 0. The number of fused-ring (bicyclic) bond motifs is 3. The Balaban J connectivity index is 0.00000169. The predicted octanol–water partition coefficient (Wildman–Crippen LogP) is -0.619. The normalized spacial score (nSPS) is 12.7. The zero-order valence-corrected chi connectivity index (χ0v) is 15.2. The number of para-hydroxylation sites is 3. The van der Waals surface area contributed by atoms with E-state index in [4.69, 9.17) is 9.97 Å². The van der Waals surface area contributed by atoms with Gasteiger partial charge in [-0.1, -0.05) is 36.0 Å². The van der Waals surface area contributed by atoms with Crippen LogP contribution < -0.4 is 22.2 Å². The Morgan fingerprint density at radius 1 is 0.958 bits per heavy atom. The maximum atomic E-state index is 4.91. The Labute approximate surface area is 152 Å². The lowest BCUT2D eigenvalue weighted by molar-refractivity contribution is -0.856. The summed E-state index contributed by atoms with van der Waals surface area (Å²) in [4.78, 5) is 14.7. The summed E-state index contributed by atoms with van der Waals surface area (Å²) in [6, 6.07) is 16.6. The number of quaternary nitrogens is 1. The summed E-state index contributed by atoms with van der Waals surface area (Å²) in [6.45, 7) is 1.98. The number of hydrogen-bond acceptors (Lipinski definition) is 4. The molecule has 0 unspecified atom stereocenters. The molecule has 0 radical (unpaired) electrons. The Morgan fingerprint density at radius 3 is 2.38 bits per heavy atom. The van der Waals surface area contributed by atoms with E-state index in [1.807, 2.05) is 24.3 Å². The van der Waals surface area contributed by atoms with Crippen molar-refractivity contribution >= 4 is 34.3 Å². The minimum absolute atomic E-state index is 0. The van der Waals surface area contributed by atoms with Crippen molar-refractivity contribution in [3.05, 3.63) is 48.5 Å². The quantitative estimate of drug-likeness (QED) is 0.676. The highest BCUT2D eigenvalue weighted by atomic mass is 35.5. The molecule has 1 N–H and O–H groups in total. The highest BCUT2D eigenvalue weighted by Crippen LogP contribution is 2.46. The van der Waals surface area contributed by atoms with E-state index in [0.29, 0.717) is 0 Å². The van der Waals surface area contributed by atoms with Crippen molar-refractivity contribution in [1.29, 1.82) is 0 Å². The third-order valence-electron chi connectivity index (χ3n) is 3.98. The summed E-state index contributed by atoms with van der Waals surface area (Å²) >= 11 is 1.71. The Kier molecular flexibility index (Phi) is 4.94. The third kappa shape index (κ3) is 3.07. The van der Waals surface area contributed by atoms with Gasteiger partial charge in [0.25, 0.3) is 0 Å². The van der Waals surface area contributed by atoms with Gasteiger partial charge in [0, 0.05) is 4.90 Å². The Hall–Kier alpha value is -1.82. The van der Waals surface area contributed by atoms with E-state index in [9.17, 15) is 0 Å². The molecule has 3 aromatic rings. The number of nitrogens with one attached hydrogen (secondary N) is 1. The molecule has 0 bridgehead atoms. The van der Waals surface area contributed by atoms with E-state index in [-0.39, 0.29) is 12.4 Å². The zero-order chi connectivity index (χ0) is 15.8. The zero-order valence-electron chi connectivity index (χ0n) is 13.7. The van der Waals surface area contributed by atoms with Gasteiger partial charge in [0.1, 0.15) is 5.03 Å². The van der Waals surface area contributed by atoms with E-state index < -0.39 is 0 Å². The third-order valence-corrected chi connectivity index (χ3v) is 5.01. The second-order valence-corrected chi connectivity index (χ2v) is 7.05. The lowest BCUT2D eigenvalue weighted by Gasteiger charge is -2.31. The van der Waals surface area contributed by atoms with Crippen molar-refractivity contribution in [2.24, 2.45) is 0 Å². The molecule has 1 aliphatic rings. The van der Waals surface area contributed by atoms with Gasteiger partial charge in [-0.2, -0.15) is 0 Å². The molecule has 0 saturated carbocycles. The first-order chi connectivity index (χ1) is 11.2. The van der Waals surface area contributed by atoms with Crippen molar-refractivity contribution in [3.8, 4) is 0 Å². The van der Waals surface area contributed by atoms with Gasteiger partial charge in [-0.15, -0.1) is 0 Å². The molecule has 2 heterocycles. The molecule has 2 aromatic carbocycles. The molecule has 0 fully saturated rings. The molecule has 0 spiro atoms. The molecule has 0 aliphatic carbocycles. The van der Waals surface area contributed by atoms with Crippen LogP contribution in [-0.2, 0) is 0 Å². The number of aromatic nitrogens is 2. The van der Waals surface area contributed by atoms with E-state index >= 15 is 0 Å². The molecule has 0 amide bonds.